The monoisotopic (exact) mass is 285 g/mol. The third-order valence-corrected chi connectivity index (χ3v) is 3.26. The Bertz CT molecular complexity index is 704. The van der Waals surface area contributed by atoms with Crippen molar-refractivity contribution in [3.05, 3.63) is 47.0 Å². The molecule has 0 aliphatic heterocycles. The molecule has 0 aliphatic carbocycles. The summed E-state index contributed by atoms with van der Waals surface area (Å²) in [5.41, 5.74) is 2.07. The molecule has 0 unspecified atom stereocenters. The summed E-state index contributed by atoms with van der Waals surface area (Å²) < 4.78 is 4.74. The molecular weight excluding hydrogens is 266 g/mol. The Balaban J connectivity index is 2.47. The Labute approximate surface area is 124 Å². The van der Waals surface area contributed by atoms with Gasteiger partial charge in [0.1, 0.15) is 0 Å². The molecule has 0 bridgehead atoms. The highest BCUT2D eigenvalue weighted by atomic mass is 16.5. The van der Waals surface area contributed by atoms with Gasteiger partial charge in [0.25, 0.3) is 5.91 Å². The fraction of sp³-hybridized carbons (Fsp3) is 0.294. The zero-order chi connectivity index (χ0) is 15.6. The van der Waals surface area contributed by atoms with Crippen molar-refractivity contribution in [3.8, 4) is 0 Å². The number of methoxy groups -OCH3 is 1. The van der Waals surface area contributed by atoms with Crippen LogP contribution >= 0.6 is 0 Å². The summed E-state index contributed by atoms with van der Waals surface area (Å²) in [5, 5.41) is 4.74. The van der Waals surface area contributed by atoms with Gasteiger partial charge in [-0.05, 0) is 61.4 Å². The second-order valence-electron chi connectivity index (χ2n) is 5.35. The molecule has 4 nitrogen and oxygen atoms in total. The molecule has 4 heteroatoms. The van der Waals surface area contributed by atoms with Crippen molar-refractivity contribution in [1.82, 2.24) is 5.32 Å². The predicted octanol–water partition coefficient (Wildman–Crippen LogP) is 3.07. The molecule has 1 amide bonds. The Morgan fingerprint density at radius 3 is 2.43 bits per heavy atom. The quantitative estimate of drug-likeness (QED) is 0.882. The van der Waals surface area contributed by atoms with Gasteiger partial charge in [-0.1, -0.05) is 6.07 Å². The van der Waals surface area contributed by atoms with Crippen molar-refractivity contribution in [2.24, 2.45) is 0 Å². The van der Waals surface area contributed by atoms with E-state index in [0.29, 0.717) is 11.1 Å². The maximum atomic E-state index is 12.0. The van der Waals surface area contributed by atoms with Crippen molar-refractivity contribution in [2.45, 2.75) is 26.8 Å². The summed E-state index contributed by atoms with van der Waals surface area (Å²) in [4.78, 5) is 23.7. The number of rotatable bonds is 3. The molecule has 0 aliphatic rings. The van der Waals surface area contributed by atoms with Crippen LogP contribution in [0.15, 0.2) is 30.3 Å². The Morgan fingerprint density at radius 1 is 1.10 bits per heavy atom. The molecule has 1 N–H and O–H groups in total. The first-order valence-electron chi connectivity index (χ1n) is 6.86. The first kappa shape index (κ1) is 15.0. The number of hydrogen-bond donors (Lipinski definition) is 1. The highest BCUT2D eigenvalue weighted by Crippen LogP contribution is 2.23. The molecule has 0 atom stereocenters. The van der Waals surface area contributed by atoms with E-state index in [4.69, 9.17) is 4.74 Å². The standard InChI is InChI=1S/C17H19NO3/c1-10(2)18-16(19)13-6-5-12-8-14(17(20)21-4)7-11(3)15(12)9-13/h5-10H,1-4H3,(H,18,19). The Morgan fingerprint density at radius 2 is 1.81 bits per heavy atom. The van der Waals surface area contributed by atoms with Crippen molar-refractivity contribution in [1.29, 1.82) is 0 Å². The third-order valence-electron chi connectivity index (χ3n) is 3.26. The minimum atomic E-state index is -0.360. The van der Waals surface area contributed by atoms with E-state index in [1.54, 1.807) is 18.2 Å². The van der Waals surface area contributed by atoms with Gasteiger partial charge in [0.2, 0.25) is 0 Å². The van der Waals surface area contributed by atoms with E-state index in [1.807, 2.05) is 32.9 Å². The SMILES string of the molecule is COC(=O)c1cc(C)c2cc(C(=O)NC(C)C)ccc2c1. The van der Waals surface area contributed by atoms with Gasteiger partial charge in [0, 0.05) is 11.6 Å². The Kier molecular flexibility index (Phi) is 4.26. The number of ether oxygens (including phenoxy) is 1. The van der Waals surface area contributed by atoms with Gasteiger partial charge >= 0.3 is 5.97 Å². The van der Waals surface area contributed by atoms with E-state index >= 15 is 0 Å². The van der Waals surface area contributed by atoms with Crippen molar-refractivity contribution in [2.75, 3.05) is 7.11 Å². The molecule has 0 spiro atoms. The van der Waals surface area contributed by atoms with Crippen LogP contribution in [0.4, 0.5) is 0 Å². The fourth-order valence-corrected chi connectivity index (χ4v) is 2.27. The lowest BCUT2D eigenvalue weighted by Crippen LogP contribution is -2.29. The van der Waals surface area contributed by atoms with Crippen LogP contribution in [0.5, 0.6) is 0 Å². The summed E-state index contributed by atoms with van der Waals surface area (Å²) in [6.45, 7) is 5.76. The molecule has 2 aromatic rings. The topological polar surface area (TPSA) is 55.4 Å². The molecule has 21 heavy (non-hydrogen) atoms. The molecular formula is C17H19NO3. The Hall–Kier alpha value is -2.36. The zero-order valence-electron chi connectivity index (χ0n) is 12.7. The summed E-state index contributed by atoms with van der Waals surface area (Å²) in [6.07, 6.45) is 0. The van der Waals surface area contributed by atoms with Crippen molar-refractivity contribution >= 4 is 22.6 Å². The number of fused-ring (bicyclic) bond motifs is 1. The number of aryl methyl sites for hydroxylation is 1. The molecule has 110 valence electrons. The van der Waals surface area contributed by atoms with Gasteiger partial charge in [0.05, 0.1) is 12.7 Å². The molecule has 0 saturated carbocycles. The maximum Gasteiger partial charge on any atom is 0.337 e. The summed E-state index contributed by atoms with van der Waals surface area (Å²) in [6, 6.07) is 9.11. The second-order valence-corrected chi connectivity index (χ2v) is 5.35. The minimum absolute atomic E-state index is 0.0935. The van der Waals surface area contributed by atoms with E-state index in [-0.39, 0.29) is 17.9 Å². The molecule has 0 radical (unpaired) electrons. The van der Waals surface area contributed by atoms with E-state index in [0.717, 1.165) is 16.3 Å². The van der Waals surface area contributed by atoms with Gasteiger partial charge in [-0.2, -0.15) is 0 Å². The van der Waals surface area contributed by atoms with E-state index in [2.05, 4.69) is 5.32 Å². The van der Waals surface area contributed by atoms with E-state index < -0.39 is 0 Å². The van der Waals surface area contributed by atoms with Crippen LogP contribution in [-0.4, -0.2) is 25.0 Å². The van der Waals surface area contributed by atoms with Crippen LogP contribution in [0.25, 0.3) is 10.8 Å². The predicted molar refractivity (Wildman–Crippen MR) is 82.6 cm³/mol. The van der Waals surface area contributed by atoms with Crippen LogP contribution in [0.2, 0.25) is 0 Å². The number of nitrogens with one attached hydrogen (secondary N) is 1. The molecule has 2 rings (SSSR count). The van der Waals surface area contributed by atoms with Gasteiger partial charge in [0.15, 0.2) is 0 Å². The van der Waals surface area contributed by atoms with Gasteiger partial charge < -0.3 is 10.1 Å². The summed E-state index contributed by atoms with van der Waals surface area (Å²) in [7, 11) is 1.36. The average molecular weight is 285 g/mol. The second kappa shape index (κ2) is 5.95. The zero-order valence-corrected chi connectivity index (χ0v) is 12.7. The number of benzene rings is 2. The first-order chi connectivity index (χ1) is 9.92. The highest BCUT2D eigenvalue weighted by Gasteiger charge is 2.11. The first-order valence-corrected chi connectivity index (χ1v) is 6.86. The third kappa shape index (κ3) is 3.21. The van der Waals surface area contributed by atoms with Gasteiger partial charge in [-0.3, -0.25) is 4.79 Å². The minimum Gasteiger partial charge on any atom is -0.465 e. The largest absolute Gasteiger partial charge is 0.465 e. The summed E-state index contributed by atoms with van der Waals surface area (Å²) in [5.74, 6) is -0.454. The molecule has 0 aromatic heterocycles. The van der Waals surface area contributed by atoms with Gasteiger partial charge in [-0.15, -0.1) is 0 Å². The summed E-state index contributed by atoms with van der Waals surface area (Å²) >= 11 is 0. The maximum absolute atomic E-state index is 12.0. The average Bonchev–Trinajstić information content (AvgIpc) is 2.45. The lowest BCUT2D eigenvalue weighted by molar-refractivity contribution is 0.0600. The normalized spacial score (nSPS) is 10.7. The van der Waals surface area contributed by atoms with Crippen LogP contribution < -0.4 is 5.32 Å². The van der Waals surface area contributed by atoms with Crippen molar-refractivity contribution < 1.29 is 14.3 Å². The molecule has 0 heterocycles. The number of carbonyl (C=O) groups is 2. The van der Waals surface area contributed by atoms with E-state index in [9.17, 15) is 9.59 Å². The van der Waals surface area contributed by atoms with Crippen LogP contribution in [-0.2, 0) is 4.74 Å². The lowest BCUT2D eigenvalue weighted by atomic mass is 9.99. The number of amides is 1. The van der Waals surface area contributed by atoms with E-state index in [1.165, 1.54) is 7.11 Å². The van der Waals surface area contributed by atoms with Crippen LogP contribution in [0, 0.1) is 6.92 Å². The highest BCUT2D eigenvalue weighted by molar-refractivity contribution is 6.01. The number of carbonyl (C=O) groups excluding carboxylic acids is 2. The fourth-order valence-electron chi connectivity index (χ4n) is 2.27. The molecule has 0 fully saturated rings. The molecule has 2 aromatic carbocycles. The van der Waals surface area contributed by atoms with Crippen LogP contribution in [0.3, 0.4) is 0 Å². The lowest BCUT2D eigenvalue weighted by Gasteiger charge is -2.11. The number of esters is 1. The molecule has 0 saturated heterocycles. The smallest absolute Gasteiger partial charge is 0.337 e. The van der Waals surface area contributed by atoms with Crippen LogP contribution in [0.1, 0.15) is 40.1 Å². The van der Waals surface area contributed by atoms with Crippen molar-refractivity contribution in [3.63, 3.8) is 0 Å². The van der Waals surface area contributed by atoms with Gasteiger partial charge in [-0.25, -0.2) is 4.79 Å². The number of hydrogen-bond acceptors (Lipinski definition) is 3.